The average Bonchev–Trinajstić information content (AvgIpc) is 2.35. The van der Waals surface area contributed by atoms with Gasteiger partial charge in [-0.25, -0.2) is 18.1 Å². The Kier molecular flexibility index (Phi) is 4.48. The maximum Gasteiger partial charge on any atom is 0.240 e. The van der Waals surface area contributed by atoms with Crippen molar-refractivity contribution in [3.05, 3.63) is 23.5 Å². The molecule has 6 heteroatoms. The Hall–Kier alpha value is -0.650. The van der Waals surface area contributed by atoms with Gasteiger partial charge in [0.25, 0.3) is 0 Å². The first-order valence-corrected chi connectivity index (χ1v) is 8.40. The molecule has 3 atom stereocenters. The van der Waals surface area contributed by atoms with Crippen LogP contribution in [0.5, 0.6) is 0 Å². The van der Waals surface area contributed by atoms with Crippen molar-refractivity contribution in [3.8, 4) is 0 Å². The zero-order chi connectivity index (χ0) is 14.0. The number of nitrogens with one attached hydrogen (secondary N) is 1. The SMILES string of the molecule is CC1CCCC(NS(=O)(=O)c2ccnc(Cl)c2)C1C. The molecule has 1 heterocycles. The van der Waals surface area contributed by atoms with Gasteiger partial charge in [-0.05, 0) is 30.4 Å². The summed E-state index contributed by atoms with van der Waals surface area (Å²) in [6.45, 7) is 4.28. The summed E-state index contributed by atoms with van der Waals surface area (Å²) in [6.07, 6.45) is 4.53. The minimum absolute atomic E-state index is 0.000640. The summed E-state index contributed by atoms with van der Waals surface area (Å²) in [7, 11) is -3.51. The third-order valence-electron chi connectivity index (χ3n) is 4.02. The van der Waals surface area contributed by atoms with Crippen LogP contribution in [-0.4, -0.2) is 19.4 Å². The van der Waals surface area contributed by atoms with E-state index in [1.807, 2.05) is 0 Å². The van der Waals surface area contributed by atoms with Crippen molar-refractivity contribution < 1.29 is 8.42 Å². The van der Waals surface area contributed by atoms with E-state index in [0.717, 1.165) is 12.8 Å². The molecule has 1 aliphatic carbocycles. The zero-order valence-corrected chi connectivity index (χ0v) is 12.7. The third kappa shape index (κ3) is 3.46. The van der Waals surface area contributed by atoms with Gasteiger partial charge in [0.05, 0.1) is 4.90 Å². The van der Waals surface area contributed by atoms with Crippen molar-refractivity contribution in [1.82, 2.24) is 9.71 Å². The summed E-state index contributed by atoms with van der Waals surface area (Å²) in [5.41, 5.74) is 0. The molecule has 19 heavy (non-hydrogen) atoms. The molecule has 2 rings (SSSR count). The van der Waals surface area contributed by atoms with Gasteiger partial charge in [-0.3, -0.25) is 0 Å². The summed E-state index contributed by atoms with van der Waals surface area (Å²) in [6, 6.07) is 2.84. The average molecular weight is 303 g/mol. The Balaban J connectivity index is 2.17. The highest BCUT2D eigenvalue weighted by atomic mass is 35.5. The van der Waals surface area contributed by atoms with Gasteiger partial charge < -0.3 is 0 Å². The van der Waals surface area contributed by atoms with Crippen molar-refractivity contribution in [1.29, 1.82) is 0 Å². The summed E-state index contributed by atoms with van der Waals surface area (Å²) in [4.78, 5) is 3.98. The number of halogens is 1. The lowest BCUT2D eigenvalue weighted by Crippen LogP contribution is -2.43. The normalized spacial score (nSPS) is 28.3. The van der Waals surface area contributed by atoms with Gasteiger partial charge in [-0.15, -0.1) is 0 Å². The molecule has 1 saturated carbocycles. The number of sulfonamides is 1. The Bertz CT molecular complexity index is 547. The second kappa shape index (κ2) is 5.77. The predicted molar refractivity (Wildman–Crippen MR) is 75.5 cm³/mol. The molecule has 1 aromatic heterocycles. The fourth-order valence-electron chi connectivity index (χ4n) is 2.57. The molecule has 0 aromatic carbocycles. The van der Waals surface area contributed by atoms with Crippen molar-refractivity contribution in [2.75, 3.05) is 0 Å². The third-order valence-corrected chi connectivity index (χ3v) is 5.72. The quantitative estimate of drug-likeness (QED) is 0.874. The van der Waals surface area contributed by atoms with Crippen LogP contribution in [0.25, 0.3) is 0 Å². The highest BCUT2D eigenvalue weighted by Gasteiger charge is 2.30. The van der Waals surface area contributed by atoms with Gasteiger partial charge in [0.1, 0.15) is 5.15 Å². The molecule has 0 saturated heterocycles. The summed E-state index contributed by atoms with van der Waals surface area (Å²) in [5, 5.41) is 0.188. The first kappa shape index (κ1) is 14.8. The van der Waals surface area contributed by atoms with E-state index in [-0.39, 0.29) is 16.1 Å². The maximum absolute atomic E-state index is 12.3. The van der Waals surface area contributed by atoms with E-state index in [2.05, 4.69) is 23.6 Å². The van der Waals surface area contributed by atoms with Crippen LogP contribution in [0.15, 0.2) is 23.2 Å². The smallest absolute Gasteiger partial charge is 0.240 e. The molecule has 0 amide bonds. The first-order valence-electron chi connectivity index (χ1n) is 6.54. The number of pyridine rings is 1. The lowest BCUT2D eigenvalue weighted by molar-refractivity contribution is 0.227. The largest absolute Gasteiger partial charge is 0.244 e. The Morgan fingerprint density at radius 1 is 1.37 bits per heavy atom. The number of nitrogens with zero attached hydrogens (tertiary/aromatic N) is 1. The van der Waals surface area contributed by atoms with Gasteiger partial charge >= 0.3 is 0 Å². The fraction of sp³-hybridized carbons (Fsp3) is 0.615. The fourth-order valence-corrected chi connectivity index (χ4v) is 4.18. The van der Waals surface area contributed by atoms with Crippen LogP contribution < -0.4 is 4.72 Å². The lowest BCUT2D eigenvalue weighted by atomic mass is 9.78. The van der Waals surface area contributed by atoms with Crippen LogP contribution in [0.2, 0.25) is 5.15 Å². The standard InChI is InChI=1S/C13H19ClN2O2S/c1-9-4-3-5-12(10(9)2)16-19(17,18)11-6-7-15-13(14)8-11/h6-10,12,16H,3-5H2,1-2H3. The van der Waals surface area contributed by atoms with Crippen molar-refractivity contribution in [3.63, 3.8) is 0 Å². The van der Waals surface area contributed by atoms with Crippen molar-refractivity contribution in [2.24, 2.45) is 11.8 Å². The number of rotatable bonds is 3. The summed E-state index contributed by atoms with van der Waals surface area (Å²) >= 11 is 5.74. The van der Waals surface area contributed by atoms with Crippen LogP contribution in [0.3, 0.4) is 0 Å². The molecule has 0 aliphatic heterocycles. The van der Waals surface area contributed by atoms with Crippen LogP contribution in [0.4, 0.5) is 0 Å². The highest BCUT2D eigenvalue weighted by molar-refractivity contribution is 7.89. The van der Waals surface area contributed by atoms with E-state index in [4.69, 9.17) is 11.6 Å². The predicted octanol–water partition coefficient (Wildman–Crippen LogP) is 2.84. The van der Waals surface area contributed by atoms with E-state index in [9.17, 15) is 8.42 Å². The van der Waals surface area contributed by atoms with E-state index in [1.54, 1.807) is 0 Å². The topological polar surface area (TPSA) is 59.1 Å². The van der Waals surface area contributed by atoms with Gasteiger partial charge in [0, 0.05) is 12.2 Å². The molecule has 0 radical (unpaired) electrons. The molecule has 3 unspecified atom stereocenters. The monoisotopic (exact) mass is 302 g/mol. The Labute approximate surface area is 119 Å². The van der Waals surface area contributed by atoms with E-state index >= 15 is 0 Å². The molecule has 0 bridgehead atoms. The van der Waals surface area contributed by atoms with Crippen molar-refractivity contribution >= 4 is 21.6 Å². The zero-order valence-electron chi connectivity index (χ0n) is 11.1. The van der Waals surface area contributed by atoms with Gasteiger partial charge in [-0.2, -0.15) is 0 Å². The molecule has 1 N–H and O–H groups in total. The van der Waals surface area contributed by atoms with E-state index in [1.165, 1.54) is 24.8 Å². The van der Waals surface area contributed by atoms with Crippen LogP contribution in [-0.2, 0) is 10.0 Å². The molecule has 1 aromatic rings. The lowest BCUT2D eigenvalue weighted by Gasteiger charge is -2.34. The van der Waals surface area contributed by atoms with Crippen LogP contribution in [0, 0.1) is 11.8 Å². The van der Waals surface area contributed by atoms with E-state index < -0.39 is 10.0 Å². The maximum atomic E-state index is 12.3. The number of hydrogen-bond donors (Lipinski definition) is 1. The van der Waals surface area contributed by atoms with Crippen LogP contribution >= 0.6 is 11.6 Å². The molecule has 106 valence electrons. The van der Waals surface area contributed by atoms with E-state index in [0.29, 0.717) is 11.8 Å². The molecular formula is C13H19ClN2O2S. The van der Waals surface area contributed by atoms with Crippen molar-refractivity contribution in [2.45, 2.75) is 44.0 Å². The second-order valence-electron chi connectivity index (χ2n) is 5.31. The first-order chi connectivity index (χ1) is 8.90. The molecule has 4 nitrogen and oxygen atoms in total. The molecular weight excluding hydrogens is 284 g/mol. The minimum Gasteiger partial charge on any atom is -0.244 e. The van der Waals surface area contributed by atoms with Gasteiger partial charge in [-0.1, -0.05) is 38.3 Å². The second-order valence-corrected chi connectivity index (χ2v) is 7.41. The minimum atomic E-state index is -3.51. The van der Waals surface area contributed by atoms with Gasteiger partial charge in [0.2, 0.25) is 10.0 Å². The summed E-state index contributed by atoms with van der Waals surface area (Å²) < 4.78 is 27.4. The molecule has 1 aliphatic rings. The van der Waals surface area contributed by atoms with Crippen LogP contribution in [0.1, 0.15) is 33.1 Å². The Morgan fingerprint density at radius 2 is 2.11 bits per heavy atom. The highest BCUT2D eigenvalue weighted by Crippen LogP contribution is 2.30. The summed E-state index contributed by atoms with van der Waals surface area (Å²) in [5.74, 6) is 0.892. The molecule has 0 spiro atoms. The number of aromatic nitrogens is 1. The number of hydrogen-bond acceptors (Lipinski definition) is 3. The Morgan fingerprint density at radius 3 is 2.79 bits per heavy atom. The molecule has 1 fully saturated rings. The van der Waals surface area contributed by atoms with Gasteiger partial charge in [0.15, 0.2) is 0 Å².